The van der Waals surface area contributed by atoms with Crippen LogP contribution in [0, 0.1) is 13.8 Å². The Kier molecular flexibility index (Phi) is 6.12. The van der Waals surface area contributed by atoms with E-state index in [1.165, 1.54) is 6.20 Å². The highest BCUT2D eigenvalue weighted by Crippen LogP contribution is 2.22. The van der Waals surface area contributed by atoms with E-state index >= 15 is 0 Å². The molecule has 1 N–H and O–H groups in total. The summed E-state index contributed by atoms with van der Waals surface area (Å²) in [4.78, 5) is 24.7. The van der Waals surface area contributed by atoms with E-state index in [4.69, 9.17) is 4.74 Å². The number of para-hydroxylation sites is 1. The number of ether oxygens (including phenoxy) is 1. The van der Waals surface area contributed by atoms with E-state index in [2.05, 4.69) is 17.3 Å². The number of aryl methyl sites for hydroxylation is 2. The summed E-state index contributed by atoms with van der Waals surface area (Å²) in [5, 5.41) is 7.31. The number of aromatic nitrogens is 2. The number of anilines is 1. The fourth-order valence-corrected chi connectivity index (χ4v) is 3.22. The van der Waals surface area contributed by atoms with Crippen molar-refractivity contribution in [2.45, 2.75) is 34.1 Å². The number of rotatable bonds is 6. The Morgan fingerprint density at radius 1 is 1.07 bits per heavy atom. The van der Waals surface area contributed by atoms with Gasteiger partial charge in [0.15, 0.2) is 0 Å². The second-order valence-electron chi connectivity index (χ2n) is 6.74. The highest BCUT2D eigenvalue weighted by atomic mass is 16.5. The molecule has 0 spiro atoms. The summed E-state index contributed by atoms with van der Waals surface area (Å²) < 4.78 is 6.71. The molecule has 1 aromatic heterocycles. The zero-order chi connectivity index (χ0) is 21.0. The quantitative estimate of drug-likeness (QED) is 0.629. The SMILES string of the molecule is CCOC(=O)c1cnn(-c2ccc(C(=O)Nc3c(C)cccc3CC)cc2)c1C. The number of esters is 1. The first kappa shape index (κ1) is 20.3. The van der Waals surface area contributed by atoms with Gasteiger partial charge in [-0.05, 0) is 62.6 Å². The molecule has 0 saturated carbocycles. The predicted octanol–water partition coefficient (Wildman–Crippen LogP) is 4.48. The normalized spacial score (nSPS) is 10.6. The summed E-state index contributed by atoms with van der Waals surface area (Å²) in [5.74, 6) is -0.554. The van der Waals surface area contributed by atoms with Gasteiger partial charge in [-0.3, -0.25) is 4.79 Å². The lowest BCUT2D eigenvalue weighted by atomic mass is 10.1. The maximum absolute atomic E-state index is 12.7. The molecule has 150 valence electrons. The molecule has 6 heteroatoms. The number of nitrogens with zero attached hydrogens (tertiary/aromatic N) is 2. The number of hydrogen-bond acceptors (Lipinski definition) is 4. The zero-order valence-corrected chi connectivity index (χ0v) is 17.2. The van der Waals surface area contributed by atoms with Gasteiger partial charge in [0.2, 0.25) is 0 Å². The summed E-state index contributed by atoms with van der Waals surface area (Å²) in [7, 11) is 0. The van der Waals surface area contributed by atoms with Gasteiger partial charge in [0.1, 0.15) is 5.56 Å². The minimum atomic E-state index is -0.391. The molecule has 0 fully saturated rings. The lowest BCUT2D eigenvalue weighted by Crippen LogP contribution is -2.14. The second kappa shape index (κ2) is 8.73. The first-order chi connectivity index (χ1) is 14.0. The zero-order valence-electron chi connectivity index (χ0n) is 17.2. The second-order valence-corrected chi connectivity index (χ2v) is 6.74. The van der Waals surface area contributed by atoms with E-state index in [1.807, 2.05) is 44.2 Å². The van der Waals surface area contributed by atoms with Gasteiger partial charge in [-0.1, -0.05) is 25.1 Å². The van der Waals surface area contributed by atoms with Gasteiger partial charge < -0.3 is 10.1 Å². The number of hydrogen-bond donors (Lipinski definition) is 1. The molecule has 6 nitrogen and oxygen atoms in total. The Hall–Kier alpha value is -3.41. The predicted molar refractivity (Wildman–Crippen MR) is 113 cm³/mol. The van der Waals surface area contributed by atoms with Crippen LogP contribution in [0.4, 0.5) is 5.69 Å². The average molecular weight is 391 g/mol. The molecule has 3 aromatic rings. The monoisotopic (exact) mass is 391 g/mol. The van der Waals surface area contributed by atoms with Crippen LogP contribution in [0.3, 0.4) is 0 Å². The Balaban J connectivity index is 1.81. The van der Waals surface area contributed by atoms with Crippen LogP contribution >= 0.6 is 0 Å². The van der Waals surface area contributed by atoms with E-state index in [0.717, 1.165) is 28.9 Å². The third-order valence-corrected chi connectivity index (χ3v) is 4.86. The number of amides is 1. The molecule has 0 saturated heterocycles. The van der Waals surface area contributed by atoms with Gasteiger partial charge in [0.25, 0.3) is 5.91 Å². The molecule has 0 atom stereocenters. The van der Waals surface area contributed by atoms with Crippen molar-refractivity contribution < 1.29 is 14.3 Å². The van der Waals surface area contributed by atoms with Crippen molar-refractivity contribution in [3.05, 3.63) is 76.6 Å². The Bertz CT molecular complexity index is 1040. The molecule has 0 aliphatic carbocycles. The van der Waals surface area contributed by atoms with Gasteiger partial charge in [-0.25, -0.2) is 9.48 Å². The molecule has 0 unspecified atom stereocenters. The highest BCUT2D eigenvalue weighted by Gasteiger charge is 2.16. The number of nitrogens with one attached hydrogen (secondary N) is 1. The molecule has 2 aromatic carbocycles. The van der Waals surface area contributed by atoms with Crippen LogP contribution in [0.25, 0.3) is 5.69 Å². The molecule has 29 heavy (non-hydrogen) atoms. The summed E-state index contributed by atoms with van der Waals surface area (Å²) in [5.41, 5.74) is 5.44. The van der Waals surface area contributed by atoms with E-state index in [1.54, 1.807) is 23.7 Å². The van der Waals surface area contributed by atoms with Crippen LogP contribution in [0.1, 0.15) is 51.4 Å². The van der Waals surface area contributed by atoms with Gasteiger partial charge in [0.05, 0.1) is 24.2 Å². The van der Waals surface area contributed by atoms with Crippen molar-refractivity contribution in [2.24, 2.45) is 0 Å². The molecule has 1 heterocycles. The van der Waals surface area contributed by atoms with Gasteiger partial charge >= 0.3 is 5.97 Å². The number of benzene rings is 2. The molecule has 3 rings (SSSR count). The van der Waals surface area contributed by atoms with Gasteiger partial charge in [-0.2, -0.15) is 5.10 Å². The van der Waals surface area contributed by atoms with Crippen molar-refractivity contribution >= 4 is 17.6 Å². The van der Waals surface area contributed by atoms with E-state index < -0.39 is 5.97 Å². The van der Waals surface area contributed by atoms with Crippen LogP contribution in [0.15, 0.2) is 48.7 Å². The molecular formula is C23H25N3O3. The maximum atomic E-state index is 12.7. The minimum absolute atomic E-state index is 0.162. The fourth-order valence-electron chi connectivity index (χ4n) is 3.22. The van der Waals surface area contributed by atoms with Crippen molar-refractivity contribution in [1.29, 1.82) is 0 Å². The largest absolute Gasteiger partial charge is 0.462 e. The first-order valence-corrected chi connectivity index (χ1v) is 9.68. The molecule has 1 amide bonds. The Labute approximate surface area is 170 Å². The summed E-state index contributed by atoms with van der Waals surface area (Å²) >= 11 is 0. The van der Waals surface area contributed by atoms with Gasteiger partial charge in [0, 0.05) is 11.3 Å². The Morgan fingerprint density at radius 3 is 2.45 bits per heavy atom. The van der Waals surface area contributed by atoms with E-state index in [9.17, 15) is 9.59 Å². The van der Waals surface area contributed by atoms with Crippen LogP contribution in [-0.4, -0.2) is 28.3 Å². The lowest BCUT2D eigenvalue weighted by molar-refractivity contribution is 0.0525. The maximum Gasteiger partial charge on any atom is 0.341 e. The van der Waals surface area contributed by atoms with E-state index in [-0.39, 0.29) is 5.91 Å². The Morgan fingerprint density at radius 2 is 1.79 bits per heavy atom. The van der Waals surface area contributed by atoms with Crippen LogP contribution in [0.5, 0.6) is 0 Å². The summed E-state index contributed by atoms with van der Waals surface area (Å²) in [6.07, 6.45) is 2.34. The van der Waals surface area contributed by atoms with Crippen molar-refractivity contribution in [2.75, 3.05) is 11.9 Å². The molecule has 0 aliphatic heterocycles. The van der Waals surface area contributed by atoms with Crippen molar-refractivity contribution in [3.63, 3.8) is 0 Å². The number of carbonyl (C=O) groups is 2. The molecule has 0 radical (unpaired) electrons. The third-order valence-electron chi connectivity index (χ3n) is 4.86. The number of carbonyl (C=O) groups excluding carboxylic acids is 2. The first-order valence-electron chi connectivity index (χ1n) is 9.68. The molecule has 0 aliphatic rings. The van der Waals surface area contributed by atoms with Gasteiger partial charge in [-0.15, -0.1) is 0 Å². The standard InChI is InChI=1S/C23H25N3O3/c1-5-17-9-7-8-15(3)21(17)25-22(27)18-10-12-19(13-11-18)26-16(4)20(14-24-26)23(28)29-6-2/h7-14H,5-6H2,1-4H3,(H,25,27). The molecular weight excluding hydrogens is 366 g/mol. The summed E-state index contributed by atoms with van der Waals surface area (Å²) in [6.45, 7) is 7.94. The highest BCUT2D eigenvalue weighted by molar-refractivity contribution is 6.05. The third kappa shape index (κ3) is 4.21. The fraction of sp³-hybridized carbons (Fsp3) is 0.261. The van der Waals surface area contributed by atoms with Crippen molar-refractivity contribution in [1.82, 2.24) is 9.78 Å². The summed E-state index contributed by atoms with van der Waals surface area (Å²) in [6, 6.07) is 13.1. The molecule has 0 bridgehead atoms. The van der Waals surface area contributed by atoms with Crippen LogP contribution < -0.4 is 5.32 Å². The van der Waals surface area contributed by atoms with Crippen LogP contribution in [0.2, 0.25) is 0 Å². The average Bonchev–Trinajstić information content (AvgIpc) is 3.11. The lowest BCUT2D eigenvalue weighted by Gasteiger charge is -2.13. The van der Waals surface area contributed by atoms with Crippen LogP contribution in [-0.2, 0) is 11.2 Å². The van der Waals surface area contributed by atoms with E-state index in [0.29, 0.717) is 23.4 Å². The van der Waals surface area contributed by atoms with Crippen molar-refractivity contribution in [3.8, 4) is 5.69 Å². The topological polar surface area (TPSA) is 73.2 Å². The minimum Gasteiger partial charge on any atom is -0.462 e. The smallest absolute Gasteiger partial charge is 0.341 e.